The van der Waals surface area contributed by atoms with Crippen molar-refractivity contribution >= 4 is 34.2 Å². The molecule has 3 rings (SSSR count). The van der Waals surface area contributed by atoms with E-state index in [-0.39, 0.29) is 16.8 Å². The highest BCUT2D eigenvalue weighted by Gasteiger charge is 2.15. The maximum atomic E-state index is 12.4. The van der Waals surface area contributed by atoms with Gasteiger partial charge in [-0.15, -0.1) is 0 Å². The van der Waals surface area contributed by atoms with Gasteiger partial charge in [-0.05, 0) is 30.3 Å². The van der Waals surface area contributed by atoms with E-state index in [0.717, 1.165) is 10.9 Å². The van der Waals surface area contributed by atoms with E-state index in [4.69, 9.17) is 0 Å². The molecule has 0 atom stereocenters. The fraction of sp³-hybridized carbons (Fsp3) is 0.0526. The molecule has 2 aromatic carbocycles. The highest BCUT2D eigenvalue weighted by atomic mass is 16.5. The smallest absolute Gasteiger partial charge is 0.339 e. The van der Waals surface area contributed by atoms with Gasteiger partial charge in [0.25, 0.3) is 5.91 Å². The topological polar surface area (TPSA) is 120 Å². The van der Waals surface area contributed by atoms with Gasteiger partial charge in [-0.3, -0.25) is 9.89 Å². The van der Waals surface area contributed by atoms with Crippen molar-refractivity contribution in [2.45, 2.75) is 0 Å². The van der Waals surface area contributed by atoms with Crippen LogP contribution < -0.4 is 10.6 Å². The van der Waals surface area contributed by atoms with Crippen LogP contribution in [0.1, 0.15) is 10.4 Å². The highest BCUT2D eigenvalue weighted by molar-refractivity contribution is 6.09. The summed E-state index contributed by atoms with van der Waals surface area (Å²) >= 11 is 0. The molecule has 0 spiro atoms. The lowest BCUT2D eigenvalue weighted by Gasteiger charge is -2.09. The quantitative estimate of drug-likeness (QED) is 0.365. The number of anilines is 2. The number of aromatic amines is 1. The number of carbonyl (C=O) groups excluding carboxylic acids is 2. The summed E-state index contributed by atoms with van der Waals surface area (Å²) < 4.78 is 4.69. The van der Waals surface area contributed by atoms with Gasteiger partial charge >= 0.3 is 5.97 Å². The fourth-order valence-corrected chi connectivity index (χ4v) is 2.40. The van der Waals surface area contributed by atoms with Gasteiger partial charge in [0.05, 0.1) is 30.1 Å². The predicted molar refractivity (Wildman–Crippen MR) is 99.8 cm³/mol. The summed E-state index contributed by atoms with van der Waals surface area (Å²) in [6, 6.07) is 13.7. The number of nitriles is 1. The minimum absolute atomic E-state index is 0.153. The van der Waals surface area contributed by atoms with Crippen molar-refractivity contribution in [2.24, 2.45) is 0 Å². The van der Waals surface area contributed by atoms with Crippen molar-refractivity contribution in [2.75, 3.05) is 17.7 Å². The molecule has 1 amide bonds. The van der Waals surface area contributed by atoms with Crippen LogP contribution in [0.2, 0.25) is 0 Å². The van der Waals surface area contributed by atoms with Crippen molar-refractivity contribution in [1.29, 1.82) is 5.26 Å². The predicted octanol–water partition coefficient (Wildman–Crippen LogP) is 2.81. The molecule has 0 saturated carbocycles. The third-order valence-electron chi connectivity index (χ3n) is 3.77. The van der Waals surface area contributed by atoms with E-state index < -0.39 is 11.9 Å². The monoisotopic (exact) mass is 361 g/mol. The van der Waals surface area contributed by atoms with Gasteiger partial charge in [0.15, 0.2) is 0 Å². The molecule has 8 heteroatoms. The summed E-state index contributed by atoms with van der Waals surface area (Å²) in [5.41, 5.74) is 1.81. The third kappa shape index (κ3) is 3.93. The summed E-state index contributed by atoms with van der Waals surface area (Å²) in [5.74, 6) is -1.23. The Morgan fingerprint density at radius 3 is 2.85 bits per heavy atom. The molecule has 1 aromatic heterocycles. The first-order valence-corrected chi connectivity index (χ1v) is 7.91. The van der Waals surface area contributed by atoms with Gasteiger partial charge in [-0.2, -0.15) is 10.4 Å². The van der Waals surface area contributed by atoms with Crippen LogP contribution in [0.5, 0.6) is 0 Å². The number of H-pyrrole nitrogens is 1. The zero-order valence-electron chi connectivity index (χ0n) is 14.3. The van der Waals surface area contributed by atoms with Crippen LogP contribution in [0.4, 0.5) is 11.4 Å². The first-order valence-electron chi connectivity index (χ1n) is 7.91. The number of carbonyl (C=O) groups is 2. The molecule has 134 valence electrons. The molecule has 0 unspecified atom stereocenters. The average Bonchev–Trinajstić information content (AvgIpc) is 3.16. The summed E-state index contributed by atoms with van der Waals surface area (Å²) in [6.07, 6.45) is 3.00. The van der Waals surface area contributed by atoms with Crippen LogP contribution in [0.15, 0.2) is 60.4 Å². The van der Waals surface area contributed by atoms with Crippen LogP contribution in [0.25, 0.3) is 10.9 Å². The molecule has 0 aliphatic rings. The van der Waals surface area contributed by atoms with Crippen LogP contribution in [-0.4, -0.2) is 29.2 Å². The van der Waals surface area contributed by atoms with Gasteiger partial charge < -0.3 is 15.4 Å². The number of para-hydroxylation sites is 1. The number of nitrogens with one attached hydrogen (secondary N) is 3. The molecule has 8 nitrogen and oxygen atoms in total. The molecule has 27 heavy (non-hydrogen) atoms. The number of benzene rings is 2. The second-order valence-corrected chi connectivity index (χ2v) is 5.48. The lowest BCUT2D eigenvalue weighted by Crippen LogP contribution is -2.17. The highest BCUT2D eigenvalue weighted by Crippen LogP contribution is 2.18. The molecule has 0 aliphatic carbocycles. The summed E-state index contributed by atoms with van der Waals surface area (Å²) in [6.45, 7) is 0. The van der Waals surface area contributed by atoms with Gasteiger partial charge in [-0.25, -0.2) is 4.79 Å². The average molecular weight is 361 g/mol. The number of hydrogen-bond donors (Lipinski definition) is 3. The number of hydrogen-bond acceptors (Lipinski definition) is 6. The van der Waals surface area contributed by atoms with Gasteiger partial charge in [0, 0.05) is 17.3 Å². The summed E-state index contributed by atoms with van der Waals surface area (Å²) in [7, 11) is 1.25. The van der Waals surface area contributed by atoms with E-state index in [1.807, 2.05) is 12.1 Å². The van der Waals surface area contributed by atoms with Crippen LogP contribution in [-0.2, 0) is 9.53 Å². The molecule has 0 saturated heterocycles. The number of esters is 1. The second kappa shape index (κ2) is 7.84. The Kier molecular flexibility index (Phi) is 5.14. The zero-order valence-corrected chi connectivity index (χ0v) is 14.3. The molecule has 0 radical (unpaired) electrons. The van der Waals surface area contributed by atoms with Crippen molar-refractivity contribution < 1.29 is 14.3 Å². The Labute approximate surface area is 154 Å². The minimum atomic E-state index is -0.649. The first kappa shape index (κ1) is 17.7. The molecular weight excluding hydrogens is 346 g/mol. The Hall–Kier alpha value is -4.12. The molecular formula is C19H15N5O3. The Morgan fingerprint density at radius 2 is 2.07 bits per heavy atom. The minimum Gasteiger partial charge on any atom is -0.465 e. The second-order valence-electron chi connectivity index (χ2n) is 5.48. The number of ether oxygens (including phenoxy) is 1. The Morgan fingerprint density at radius 1 is 1.26 bits per heavy atom. The van der Waals surface area contributed by atoms with Crippen molar-refractivity contribution in [3.05, 3.63) is 66.0 Å². The van der Waals surface area contributed by atoms with Gasteiger partial charge in [0.1, 0.15) is 11.6 Å². The van der Waals surface area contributed by atoms with Crippen molar-refractivity contribution in [1.82, 2.24) is 10.2 Å². The van der Waals surface area contributed by atoms with E-state index in [1.165, 1.54) is 19.4 Å². The lowest BCUT2D eigenvalue weighted by molar-refractivity contribution is -0.112. The van der Waals surface area contributed by atoms with Gasteiger partial charge in [-0.1, -0.05) is 12.1 Å². The fourth-order valence-electron chi connectivity index (χ4n) is 2.40. The molecule has 0 fully saturated rings. The Balaban J connectivity index is 1.77. The van der Waals surface area contributed by atoms with Crippen molar-refractivity contribution in [3.63, 3.8) is 0 Å². The Bertz CT molecular complexity index is 1080. The molecule has 3 aromatic rings. The summed E-state index contributed by atoms with van der Waals surface area (Å²) in [5, 5.41) is 22.5. The van der Waals surface area contributed by atoms with E-state index >= 15 is 0 Å². The molecule has 3 N–H and O–H groups in total. The standard InChI is InChI=1S/C19H15N5O3/c1-27-19(26)15-4-2-3-5-16(15)23-18(25)13(9-20)10-21-14-7-6-12-11-22-24-17(12)8-14/h2-8,10-11,21H,1H3,(H,22,24)(H,23,25)/b13-10-. The normalized spacial score (nSPS) is 10.9. The number of fused-ring (bicyclic) bond motifs is 1. The zero-order chi connectivity index (χ0) is 19.2. The van der Waals surface area contributed by atoms with E-state index in [0.29, 0.717) is 5.69 Å². The van der Waals surface area contributed by atoms with E-state index in [2.05, 4.69) is 25.6 Å². The third-order valence-corrected chi connectivity index (χ3v) is 3.77. The number of rotatable bonds is 5. The molecule has 0 aliphatic heterocycles. The first-order chi connectivity index (χ1) is 13.1. The van der Waals surface area contributed by atoms with Gasteiger partial charge in [0.2, 0.25) is 0 Å². The molecule has 0 bridgehead atoms. The molecule has 1 heterocycles. The van der Waals surface area contributed by atoms with Crippen LogP contribution >= 0.6 is 0 Å². The van der Waals surface area contributed by atoms with Crippen LogP contribution in [0, 0.1) is 11.3 Å². The number of aromatic nitrogens is 2. The van der Waals surface area contributed by atoms with E-state index in [9.17, 15) is 14.9 Å². The number of methoxy groups -OCH3 is 1. The van der Waals surface area contributed by atoms with Crippen LogP contribution in [0.3, 0.4) is 0 Å². The van der Waals surface area contributed by atoms with E-state index in [1.54, 1.807) is 36.5 Å². The summed E-state index contributed by atoms with van der Waals surface area (Å²) in [4.78, 5) is 24.2. The SMILES string of the molecule is COC(=O)c1ccccc1NC(=O)/C(C#N)=C\Nc1ccc2cn[nH]c2c1. The number of amides is 1. The van der Waals surface area contributed by atoms with Crippen molar-refractivity contribution in [3.8, 4) is 6.07 Å². The number of nitrogens with zero attached hydrogens (tertiary/aromatic N) is 2. The lowest BCUT2D eigenvalue weighted by atomic mass is 10.1. The largest absolute Gasteiger partial charge is 0.465 e. The maximum Gasteiger partial charge on any atom is 0.339 e. The maximum absolute atomic E-state index is 12.4.